The van der Waals surface area contributed by atoms with Crippen LogP contribution in [0.4, 0.5) is 15.8 Å². The van der Waals surface area contributed by atoms with E-state index in [4.69, 9.17) is 5.73 Å². The van der Waals surface area contributed by atoms with Crippen molar-refractivity contribution in [3.05, 3.63) is 23.5 Å². The molecule has 1 aromatic carbocycles. The first kappa shape index (κ1) is 13.1. The van der Waals surface area contributed by atoms with Crippen LogP contribution in [0.5, 0.6) is 0 Å². The minimum absolute atomic E-state index is 0.225. The molecular weight excluding hydrogens is 229 g/mol. The molecule has 1 aromatic rings. The van der Waals surface area contributed by atoms with Crippen LogP contribution in [0.1, 0.15) is 19.4 Å². The number of nitrogen functional groups attached to an aromatic ring is 1. The zero-order valence-electron chi connectivity index (χ0n) is 11.4. The zero-order chi connectivity index (χ0) is 13.3. The SMILES string of the molecule is CCN1CCN(c2cc(C)c(F)cc2N)CC1C. The molecule has 4 heteroatoms. The van der Waals surface area contributed by atoms with Gasteiger partial charge in [0.1, 0.15) is 5.82 Å². The Morgan fingerprint density at radius 2 is 2.11 bits per heavy atom. The molecule has 0 aliphatic carbocycles. The standard InChI is InChI=1S/C14H22FN3/c1-4-17-5-6-18(9-11(17)3)14-7-10(2)12(15)8-13(14)16/h7-8,11H,4-6,9,16H2,1-3H3. The molecule has 2 N–H and O–H groups in total. The van der Waals surface area contributed by atoms with E-state index in [1.807, 2.05) is 6.07 Å². The highest BCUT2D eigenvalue weighted by Gasteiger charge is 2.23. The number of benzene rings is 1. The van der Waals surface area contributed by atoms with Crippen LogP contribution in [0, 0.1) is 12.7 Å². The van der Waals surface area contributed by atoms with Crippen molar-refractivity contribution in [2.24, 2.45) is 0 Å². The molecule has 1 fully saturated rings. The van der Waals surface area contributed by atoms with Crippen LogP contribution < -0.4 is 10.6 Å². The number of likely N-dealkylation sites (N-methyl/N-ethyl adjacent to an activating group) is 1. The highest BCUT2D eigenvalue weighted by Crippen LogP contribution is 2.28. The lowest BCUT2D eigenvalue weighted by molar-refractivity contribution is 0.199. The minimum atomic E-state index is -0.225. The van der Waals surface area contributed by atoms with Crippen LogP contribution in [-0.4, -0.2) is 37.1 Å². The fraction of sp³-hybridized carbons (Fsp3) is 0.571. The van der Waals surface area contributed by atoms with E-state index in [1.165, 1.54) is 6.07 Å². The van der Waals surface area contributed by atoms with Crippen molar-refractivity contribution in [2.45, 2.75) is 26.8 Å². The number of aryl methyl sites for hydroxylation is 1. The summed E-state index contributed by atoms with van der Waals surface area (Å²) in [6.07, 6.45) is 0. The van der Waals surface area contributed by atoms with Crippen molar-refractivity contribution in [3.8, 4) is 0 Å². The van der Waals surface area contributed by atoms with Crippen LogP contribution in [0.15, 0.2) is 12.1 Å². The summed E-state index contributed by atoms with van der Waals surface area (Å²) in [7, 11) is 0. The molecule has 2 rings (SSSR count). The maximum Gasteiger partial charge on any atom is 0.128 e. The normalized spacial score (nSPS) is 21.3. The molecule has 100 valence electrons. The van der Waals surface area contributed by atoms with Gasteiger partial charge in [0.05, 0.1) is 11.4 Å². The molecule has 1 unspecified atom stereocenters. The monoisotopic (exact) mass is 251 g/mol. The van der Waals surface area contributed by atoms with E-state index in [0.29, 0.717) is 17.3 Å². The van der Waals surface area contributed by atoms with Gasteiger partial charge in [0.25, 0.3) is 0 Å². The maximum atomic E-state index is 13.4. The Hall–Kier alpha value is -1.29. The summed E-state index contributed by atoms with van der Waals surface area (Å²) in [5.74, 6) is -0.225. The van der Waals surface area contributed by atoms with Gasteiger partial charge in [-0.3, -0.25) is 4.90 Å². The first-order valence-corrected chi connectivity index (χ1v) is 6.57. The van der Waals surface area contributed by atoms with E-state index in [1.54, 1.807) is 6.92 Å². The van der Waals surface area contributed by atoms with Crippen molar-refractivity contribution >= 4 is 11.4 Å². The number of halogens is 1. The third kappa shape index (κ3) is 2.43. The van der Waals surface area contributed by atoms with E-state index in [2.05, 4.69) is 23.6 Å². The average Bonchev–Trinajstić information content (AvgIpc) is 2.33. The Kier molecular flexibility index (Phi) is 3.76. The molecular formula is C14H22FN3. The first-order chi connectivity index (χ1) is 8.52. The van der Waals surface area contributed by atoms with Crippen molar-refractivity contribution in [3.63, 3.8) is 0 Å². The molecule has 0 aromatic heterocycles. The van der Waals surface area contributed by atoms with Gasteiger partial charge in [0.15, 0.2) is 0 Å². The summed E-state index contributed by atoms with van der Waals surface area (Å²) in [5.41, 5.74) is 8.10. The van der Waals surface area contributed by atoms with Crippen LogP contribution in [0.3, 0.4) is 0 Å². The van der Waals surface area contributed by atoms with Crippen molar-refractivity contribution < 1.29 is 4.39 Å². The van der Waals surface area contributed by atoms with E-state index in [-0.39, 0.29) is 5.82 Å². The number of anilines is 2. The number of nitrogens with two attached hydrogens (primary N) is 1. The van der Waals surface area contributed by atoms with E-state index in [0.717, 1.165) is 31.9 Å². The lowest BCUT2D eigenvalue weighted by atomic mass is 10.1. The van der Waals surface area contributed by atoms with Crippen molar-refractivity contribution in [1.29, 1.82) is 0 Å². The lowest BCUT2D eigenvalue weighted by Gasteiger charge is -2.41. The number of hydrogen-bond donors (Lipinski definition) is 1. The Morgan fingerprint density at radius 3 is 2.72 bits per heavy atom. The van der Waals surface area contributed by atoms with Crippen molar-refractivity contribution in [1.82, 2.24) is 4.90 Å². The smallest absolute Gasteiger partial charge is 0.128 e. The maximum absolute atomic E-state index is 13.4. The molecule has 0 radical (unpaired) electrons. The second kappa shape index (κ2) is 5.14. The van der Waals surface area contributed by atoms with E-state index < -0.39 is 0 Å². The quantitative estimate of drug-likeness (QED) is 0.818. The summed E-state index contributed by atoms with van der Waals surface area (Å²) in [5, 5.41) is 0. The largest absolute Gasteiger partial charge is 0.397 e. The van der Waals surface area contributed by atoms with Gasteiger partial charge in [0, 0.05) is 25.7 Å². The molecule has 1 saturated heterocycles. The Morgan fingerprint density at radius 1 is 1.39 bits per heavy atom. The summed E-state index contributed by atoms with van der Waals surface area (Å²) < 4.78 is 13.4. The third-order valence-corrected chi connectivity index (χ3v) is 3.82. The Balaban J connectivity index is 2.20. The summed E-state index contributed by atoms with van der Waals surface area (Å²) in [6, 6.07) is 3.80. The fourth-order valence-electron chi connectivity index (χ4n) is 2.64. The van der Waals surface area contributed by atoms with Gasteiger partial charge >= 0.3 is 0 Å². The number of rotatable bonds is 2. The Labute approximate surface area is 108 Å². The molecule has 1 heterocycles. The molecule has 0 saturated carbocycles. The van der Waals surface area contributed by atoms with Gasteiger partial charge in [-0.2, -0.15) is 0 Å². The zero-order valence-corrected chi connectivity index (χ0v) is 11.4. The molecule has 18 heavy (non-hydrogen) atoms. The van der Waals surface area contributed by atoms with Gasteiger partial charge in [-0.05, 0) is 38.1 Å². The van der Waals surface area contributed by atoms with Gasteiger partial charge in [-0.1, -0.05) is 6.92 Å². The van der Waals surface area contributed by atoms with Gasteiger partial charge < -0.3 is 10.6 Å². The summed E-state index contributed by atoms with van der Waals surface area (Å²) in [6.45, 7) is 10.2. The lowest BCUT2D eigenvalue weighted by Crippen LogP contribution is -2.51. The minimum Gasteiger partial charge on any atom is -0.397 e. The molecule has 1 atom stereocenters. The summed E-state index contributed by atoms with van der Waals surface area (Å²) in [4.78, 5) is 4.71. The molecule has 1 aliphatic rings. The Bertz CT molecular complexity index is 433. The molecule has 0 bridgehead atoms. The summed E-state index contributed by atoms with van der Waals surface area (Å²) >= 11 is 0. The van der Waals surface area contributed by atoms with Crippen LogP contribution >= 0.6 is 0 Å². The van der Waals surface area contributed by atoms with Crippen LogP contribution in [-0.2, 0) is 0 Å². The topological polar surface area (TPSA) is 32.5 Å². The highest BCUT2D eigenvalue weighted by molar-refractivity contribution is 5.69. The van der Waals surface area contributed by atoms with E-state index >= 15 is 0 Å². The van der Waals surface area contributed by atoms with Gasteiger partial charge in [-0.25, -0.2) is 4.39 Å². The van der Waals surface area contributed by atoms with Crippen molar-refractivity contribution in [2.75, 3.05) is 36.8 Å². The average molecular weight is 251 g/mol. The van der Waals surface area contributed by atoms with Crippen LogP contribution in [0.2, 0.25) is 0 Å². The molecule has 3 nitrogen and oxygen atoms in total. The number of hydrogen-bond acceptors (Lipinski definition) is 3. The van der Waals surface area contributed by atoms with Gasteiger partial charge in [-0.15, -0.1) is 0 Å². The second-order valence-electron chi connectivity index (χ2n) is 5.08. The second-order valence-corrected chi connectivity index (χ2v) is 5.08. The number of piperazine rings is 1. The molecule has 1 aliphatic heterocycles. The van der Waals surface area contributed by atoms with Crippen LogP contribution in [0.25, 0.3) is 0 Å². The predicted molar refractivity (Wildman–Crippen MR) is 74.5 cm³/mol. The first-order valence-electron chi connectivity index (χ1n) is 6.57. The van der Waals surface area contributed by atoms with Gasteiger partial charge in [0.2, 0.25) is 0 Å². The third-order valence-electron chi connectivity index (χ3n) is 3.82. The fourth-order valence-corrected chi connectivity index (χ4v) is 2.64. The highest BCUT2D eigenvalue weighted by atomic mass is 19.1. The molecule has 0 spiro atoms. The molecule has 0 amide bonds. The predicted octanol–water partition coefficient (Wildman–Crippen LogP) is 2.25. The number of nitrogens with zero attached hydrogens (tertiary/aromatic N) is 2. The van der Waals surface area contributed by atoms with E-state index in [9.17, 15) is 4.39 Å².